The Morgan fingerprint density at radius 1 is 1.38 bits per heavy atom. The van der Waals surface area contributed by atoms with Crippen LogP contribution in [0.15, 0.2) is 0 Å². The average molecular weight is 296 g/mol. The largest absolute Gasteiger partial charge is 0.480 e. The molecule has 1 saturated heterocycles. The fourth-order valence-electron chi connectivity index (χ4n) is 4.31. The van der Waals surface area contributed by atoms with Crippen LogP contribution in [0, 0.1) is 5.92 Å². The zero-order valence-corrected chi connectivity index (χ0v) is 13.9. The zero-order valence-electron chi connectivity index (χ0n) is 13.9. The smallest absolute Gasteiger partial charge is 0.323 e. The van der Waals surface area contributed by atoms with E-state index in [0.29, 0.717) is 18.0 Å². The van der Waals surface area contributed by atoms with Crippen LogP contribution in [0.5, 0.6) is 0 Å². The van der Waals surface area contributed by atoms with Gasteiger partial charge in [0.25, 0.3) is 0 Å². The normalized spacial score (nSPS) is 34.5. The first-order valence-electron chi connectivity index (χ1n) is 8.74. The number of carboxylic acid groups (broad SMARTS) is 1. The van der Waals surface area contributed by atoms with Crippen molar-refractivity contribution in [3.63, 3.8) is 0 Å². The van der Waals surface area contributed by atoms with E-state index >= 15 is 0 Å². The Kier molecular flexibility index (Phi) is 5.67. The van der Waals surface area contributed by atoms with E-state index in [2.05, 4.69) is 31.0 Å². The number of nitrogens with zero attached hydrogens (tertiary/aromatic N) is 1. The maximum Gasteiger partial charge on any atom is 0.323 e. The van der Waals surface area contributed by atoms with E-state index < -0.39 is 11.5 Å². The van der Waals surface area contributed by atoms with Crippen molar-refractivity contribution < 1.29 is 9.90 Å². The minimum absolute atomic E-state index is 0.439. The van der Waals surface area contributed by atoms with Crippen molar-refractivity contribution in [2.75, 3.05) is 13.1 Å². The van der Waals surface area contributed by atoms with Gasteiger partial charge in [-0.1, -0.05) is 20.8 Å². The summed E-state index contributed by atoms with van der Waals surface area (Å²) in [5, 5.41) is 13.1. The van der Waals surface area contributed by atoms with Crippen molar-refractivity contribution in [2.24, 2.45) is 5.92 Å². The van der Waals surface area contributed by atoms with Gasteiger partial charge in [0.2, 0.25) is 0 Å². The van der Waals surface area contributed by atoms with Crippen LogP contribution in [0.4, 0.5) is 0 Å². The van der Waals surface area contributed by atoms with Crippen LogP contribution < -0.4 is 5.32 Å². The van der Waals surface area contributed by atoms with E-state index in [1.54, 1.807) is 0 Å². The summed E-state index contributed by atoms with van der Waals surface area (Å²) in [5.74, 6) is 0.0122. The van der Waals surface area contributed by atoms with Gasteiger partial charge in [-0.05, 0) is 64.0 Å². The maximum absolute atomic E-state index is 11.9. The molecular weight excluding hydrogens is 264 g/mol. The quantitative estimate of drug-likeness (QED) is 0.791. The highest BCUT2D eigenvalue weighted by Crippen LogP contribution is 2.36. The van der Waals surface area contributed by atoms with E-state index in [4.69, 9.17) is 0 Å². The molecule has 2 N–H and O–H groups in total. The molecule has 0 amide bonds. The van der Waals surface area contributed by atoms with Crippen LogP contribution in [0.2, 0.25) is 0 Å². The molecule has 0 spiro atoms. The summed E-state index contributed by atoms with van der Waals surface area (Å²) in [7, 11) is 0. The Balaban J connectivity index is 2.09. The minimum Gasteiger partial charge on any atom is -0.480 e. The van der Waals surface area contributed by atoms with Gasteiger partial charge in [-0.2, -0.15) is 0 Å². The molecular formula is C17H32N2O2. The van der Waals surface area contributed by atoms with Gasteiger partial charge in [-0.3, -0.25) is 9.69 Å². The lowest BCUT2D eigenvalue weighted by Crippen LogP contribution is -2.59. The van der Waals surface area contributed by atoms with Gasteiger partial charge in [-0.15, -0.1) is 0 Å². The fraction of sp³-hybridized carbons (Fsp3) is 0.941. The lowest BCUT2D eigenvalue weighted by atomic mass is 9.77. The summed E-state index contributed by atoms with van der Waals surface area (Å²) < 4.78 is 0. The number of carbonyl (C=O) groups is 1. The van der Waals surface area contributed by atoms with Gasteiger partial charge in [0.1, 0.15) is 5.54 Å². The Labute approximate surface area is 129 Å². The third-order valence-electron chi connectivity index (χ3n) is 5.43. The molecule has 0 aromatic heterocycles. The number of likely N-dealkylation sites (tertiary alicyclic amines) is 1. The molecule has 3 atom stereocenters. The highest BCUT2D eigenvalue weighted by Gasteiger charge is 2.45. The second-order valence-corrected chi connectivity index (χ2v) is 7.26. The molecule has 0 aromatic carbocycles. The standard InChI is InChI=1S/C17H32N2O2/c1-4-10-18-17(16(20)21)9-5-7-14(12-17)19-11-6-8-15(19)13(2)3/h13-15,18H,4-12H2,1-3H3,(H,20,21). The minimum atomic E-state index is -0.691. The molecule has 4 nitrogen and oxygen atoms in total. The van der Waals surface area contributed by atoms with Crippen molar-refractivity contribution in [3.8, 4) is 0 Å². The second-order valence-electron chi connectivity index (χ2n) is 7.26. The van der Waals surface area contributed by atoms with Gasteiger partial charge >= 0.3 is 5.97 Å². The van der Waals surface area contributed by atoms with Gasteiger partial charge in [0.15, 0.2) is 0 Å². The first-order chi connectivity index (χ1) is 10.00. The number of aliphatic carboxylic acids is 1. The van der Waals surface area contributed by atoms with Crippen molar-refractivity contribution in [1.82, 2.24) is 10.2 Å². The molecule has 3 unspecified atom stereocenters. The molecule has 1 saturated carbocycles. The third kappa shape index (κ3) is 3.59. The highest BCUT2D eigenvalue weighted by atomic mass is 16.4. The van der Waals surface area contributed by atoms with Crippen LogP contribution in [0.3, 0.4) is 0 Å². The Hall–Kier alpha value is -0.610. The molecule has 1 aliphatic carbocycles. The van der Waals surface area contributed by atoms with E-state index in [-0.39, 0.29) is 0 Å². The van der Waals surface area contributed by atoms with Crippen molar-refractivity contribution in [2.45, 2.75) is 83.3 Å². The van der Waals surface area contributed by atoms with Gasteiger partial charge in [-0.25, -0.2) is 0 Å². The fourth-order valence-corrected chi connectivity index (χ4v) is 4.31. The van der Waals surface area contributed by atoms with Gasteiger partial charge in [0.05, 0.1) is 0 Å². The molecule has 0 aromatic rings. The van der Waals surface area contributed by atoms with Gasteiger partial charge < -0.3 is 10.4 Å². The molecule has 1 aliphatic heterocycles. The van der Waals surface area contributed by atoms with Crippen LogP contribution in [-0.2, 0) is 4.79 Å². The number of rotatable bonds is 6. The second kappa shape index (κ2) is 7.10. The number of carboxylic acids is 1. The van der Waals surface area contributed by atoms with Crippen LogP contribution in [0.25, 0.3) is 0 Å². The first-order valence-corrected chi connectivity index (χ1v) is 8.74. The summed E-state index contributed by atoms with van der Waals surface area (Å²) in [4.78, 5) is 14.5. The van der Waals surface area contributed by atoms with Gasteiger partial charge in [0, 0.05) is 12.1 Å². The maximum atomic E-state index is 11.9. The topological polar surface area (TPSA) is 52.6 Å². The highest BCUT2D eigenvalue weighted by molar-refractivity contribution is 5.79. The average Bonchev–Trinajstić information content (AvgIpc) is 2.95. The lowest BCUT2D eigenvalue weighted by Gasteiger charge is -2.44. The Morgan fingerprint density at radius 3 is 2.76 bits per heavy atom. The summed E-state index contributed by atoms with van der Waals surface area (Å²) in [6.45, 7) is 8.64. The molecule has 1 heterocycles. The third-order valence-corrected chi connectivity index (χ3v) is 5.43. The predicted octanol–water partition coefficient (Wildman–Crippen LogP) is 2.87. The van der Waals surface area contributed by atoms with E-state index in [9.17, 15) is 9.90 Å². The summed E-state index contributed by atoms with van der Waals surface area (Å²) in [5.41, 5.74) is -0.691. The van der Waals surface area contributed by atoms with E-state index in [0.717, 1.165) is 45.2 Å². The van der Waals surface area contributed by atoms with Crippen LogP contribution in [-0.4, -0.2) is 46.7 Å². The Morgan fingerprint density at radius 2 is 2.14 bits per heavy atom. The molecule has 2 fully saturated rings. The van der Waals surface area contributed by atoms with Crippen molar-refractivity contribution in [3.05, 3.63) is 0 Å². The lowest BCUT2D eigenvalue weighted by molar-refractivity contribution is -0.147. The number of hydrogen-bond acceptors (Lipinski definition) is 3. The van der Waals surface area contributed by atoms with E-state index in [1.807, 2.05) is 0 Å². The molecule has 0 bridgehead atoms. The first kappa shape index (κ1) is 16.8. The van der Waals surface area contributed by atoms with Crippen molar-refractivity contribution in [1.29, 1.82) is 0 Å². The number of nitrogens with one attached hydrogen (secondary N) is 1. The van der Waals surface area contributed by atoms with E-state index in [1.165, 1.54) is 12.8 Å². The summed E-state index contributed by atoms with van der Waals surface area (Å²) in [6, 6.07) is 1.08. The van der Waals surface area contributed by atoms with Crippen LogP contribution >= 0.6 is 0 Å². The molecule has 2 aliphatic rings. The molecule has 2 rings (SSSR count). The molecule has 21 heavy (non-hydrogen) atoms. The van der Waals surface area contributed by atoms with Crippen molar-refractivity contribution >= 4 is 5.97 Å². The zero-order chi connectivity index (χ0) is 15.5. The number of hydrogen-bond donors (Lipinski definition) is 2. The Bertz CT molecular complexity index is 359. The predicted molar refractivity (Wildman–Crippen MR) is 85.5 cm³/mol. The van der Waals surface area contributed by atoms with Crippen LogP contribution in [0.1, 0.15) is 65.7 Å². The molecule has 4 heteroatoms. The molecule has 0 radical (unpaired) electrons. The SMILES string of the molecule is CCCNC1(C(=O)O)CCCC(N2CCCC2C(C)C)C1. The monoisotopic (exact) mass is 296 g/mol. The summed E-state index contributed by atoms with van der Waals surface area (Å²) in [6.07, 6.45) is 7.25. The summed E-state index contributed by atoms with van der Waals surface area (Å²) >= 11 is 0. The molecule has 122 valence electrons.